The van der Waals surface area contributed by atoms with Crippen LogP contribution in [-0.4, -0.2) is 37.2 Å². The van der Waals surface area contributed by atoms with Gasteiger partial charge in [0.25, 0.3) is 5.91 Å². The number of aromatic nitrogens is 1. The highest BCUT2D eigenvalue weighted by Gasteiger charge is 2.19. The minimum Gasteiger partial charge on any atom is -0.387 e. The first kappa shape index (κ1) is 13.4. The van der Waals surface area contributed by atoms with E-state index in [1.165, 1.54) is 0 Å². The summed E-state index contributed by atoms with van der Waals surface area (Å²) in [5.41, 5.74) is 0.909. The maximum atomic E-state index is 11.9. The molecule has 0 aliphatic carbocycles. The van der Waals surface area contributed by atoms with E-state index in [0.29, 0.717) is 12.1 Å². The fourth-order valence-electron chi connectivity index (χ4n) is 1.25. The second-order valence-electron chi connectivity index (χ2n) is 4.32. The van der Waals surface area contributed by atoms with Gasteiger partial charge in [-0.2, -0.15) is 0 Å². The predicted molar refractivity (Wildman–Crippen MR) is 67.2 cm³/mol. The number of nitrogens with one attached hydrogen (secondary N) is 2. The van der Waals surface area contributed by atoms with Gasteiger partial charge in [0.05, 0.1) is 11.2 Å². The maximum Gasteiger partial charge on any atom is 0.255 e. The number of hydrogen-bond donors (Lipinski definition) is 2. The summed E-state index contributed by atoms with van der Waals surface area (Å²) >= 11 is 0. The topological polar surface area (TPSA) is 63.2 Å². The van der Waals surface area contributed by atoms with Gasteiger partial charge >= 0.3 is 0 Å². The molecular formula is C12H19N3O2. The summed E-state index contributed by atoms with van der Waals surface area (Å²) in [6.45, 7) is 4.27. The van der Waals surface area contributed by atoms with Crippen molar-refractivity contribution >= 4 is 11.6 Å². The van der Waals surface area contributed by atoms with E-state index in [9.17, 15) is 4.79 Å². The Morgan fingerprint density at radius 3 is 2.82 bits per heavy atom. The molecule has 0 aliphatic heterocycles. The number of rotatable bonds is 5. The molecule has 17 heavy (non-hydrogen) atoms. The lowest BCUT2D eigenvalue weighted by Crippen LogP contribution is -2.39. The number of hydrogen-bond acceptors (Lipinski definition) is 4. The molecule has 0 saturated heterocycles. The van der Waals surface area contributed by atoms with Crippen molar-refractivity contribution < 1.29 is 9.53 Å². The molecule has 0 radical (unpaired) electrons. The van der Waals surface area contributed by atoms with Crippen molar-refractivity contribution in [3.05, 3.63) is 24.0 Å². The van der Waals surface area contributed by atoms with E-state index in [1.54, 1.807) is 32.6 Å². The van der Waals surface area contributed by atoms with Crippen LogP contribution in [0.4, 0.5) is 5.69 Å². The second-order valence-corrected chi connectivity index (χ2v) is 4.32. The Labute approximate surface area is 102 Å². The van der Waals surface area contributed by atoms with Gasteiger partial charge in [-0.15, -0.1) is 0 Å². The molecule has 0 saturated carbocycles. The van der Waals surface area contributed by atoms with Gasteiger partial charge in [-0.05, 0) is 19.9 Å². The zero-order chi connectivity index (χ0) is 12.9. The van der Waals surface area contributed by atoms with E-state index in [2.05, 4.69) is 15.6 Å². The first-order chi connectivity index (χ1) is 8.00. The Bertz CT molecular complexity index is 391. The fraction of sp³-hybridized carbons (Fsp3) is 0.500. The van der Waals surface area contributed by atoms with Crippen molar-refractivity contribution in [3.8, 4) is 0 Å². The number of carbonyl (C=O) groups is 1. The van der Waals surface area contributed by atoms with E-state index in [4.69, 9.17) is 4.74 Å². The minimum absolute atomic E-state index is 0.160. The van der Waals surface area contributed by atoms with Gasteiger partial charge in [0.1, 0.15) is 0 Å². The molecule has 0 spiro atoms. The lowest BCUT2D eigenvalue weighted by Gasteiger charge is -2.23. The molecular weight excluding hydrogens is 218 g/mol. The summed E-state index contributed by atoms with van der Waals surface area (Å²) in [6.07, 6.45) is 3.18. The highest BCUT2D eigenvalue weighted by atomic mass is 16.5. The van der Waals surface area contributed by atoms with Gasteiger partial charge in [0.2, 0.25) is 0 Å². The molecule has 0 fully saturated rings. The molecule has 0 unspecified atom stereocenters. The Hall–Kier alpha value is -1.62. The molecule has 1 amide bonds. The third-order valence-corrected chi connectivity index (χ3v) is 2.56. The number of carbonyl (C=O) groups excluding carboxylic acids is 1. The van der Waals surface area contributed by atoms with Gasteiger partial charge < -0.3 is 15.4 Å². The van der Waals surface area contributed by atoms with Crippen LogP contribution in [0.5, 0.6) is 0 Å². The van der Waals surface area contributed by atoms with Crippen LogP contribution >= 0.6 is 0 Å². The molecule has 2 N–H and O–H groups in total. The molecule has 94 valence electrons. The molecule has 1 aromatic rings. The molecule has 1 rings (SSSR count). The number of methoxy groups -OCH3 is 1. The van der Waals surface area contributed by atoms with Crippen LogP contribution in [-0.2, 0) is 4.74 Å². The van der Waals surface area contributed by atoms with Crippen molar-refractivity contribution in [1.29, 1.82) is 0 Å². The quantitative estimate of drug-likeness (QED) is 0.809. The van der Waals surface area contributed by atoms with Crippen molar-refractivity contribution in [2.45, 2.75) is 19.4 Å². The van der Waals surface area contributed by atoms with Gasteiger partial charge in [-0.1, -0.05) is 0 Å². The first-order valence-corrected chi connectivity index (χ1v) is 5.45. The van der Waals surface area contributed by atoms with Crippen LogP contribution in [0.15, 0.2) is 18.5 Å². The number of amides is 1. The molecule has 0 aliphatic rings. The highest BCUT2D eigenvalue weighted by Crippen LogP contribution is 2.13. The average Bonchev–Trinajstić information content (AvgIpc) is 2.36. The SMILES string of the molecule is CNc1ccncc1C(=O)NCC(C)(C)OC. The Morgan fingerprint density at radius 2 is 2.24 bits per heavy atom. The summed E-state index contributed by atoms with van der Waals surface area (Å²) in [5.74, 6) is -0.160. The number of anilines is 1. The number of ether oxygens (including phenoxy) is 1. The van der Waals surface area contributed by atoms with E-state index < -0.39 is 0 Å². The fourth-order valence-corrected chi connectivity index (χ4v) is 1.25. The summed E-state index contributed by atoms with van der Waals surface area (Å²) in [5, 5.41) is 5.78. The largest absolute Gasteiger partial charge is 0.387 e. The lowest BCUT2D eigenvalue weighted by atomic mass is 10.1. The Balaban J connectivity index is 2.70. The monoisotopic (exact) mass is 237 g/mol. The second kappa shape index (κ2) is 5.63. The summed E-state index contributed by atoms with van der Waals surface area (Å²) in [6, 6.07) is 1.76. The van der Waals surface area contributed by atoms with Crippen molar-refractivity contribution in [2.24, 2.45) is 0 Å². The molecule has 5 heteroatoms. The summed E-state index contributed by atoms with van der Waals surface area (Å²) < 4.78 is 5.23. The average molecular weight is 237 g/mol. The van der Waals surface area contributed by atoms with E-state index >= 15 is 0 Å². The molecule has 0 atom stereocenters. The van der Waals surface area contributed by atoms with E-state index in [-0.39, 0.29) is 11.5 Å². The van der Waals surface area contributed by atoms with Crippen LogP contribution in [0.1, 0.15) is 24.2 Å². The standard InChI is InChI=1S/C12H19N3O2/c1-12(2,17-4)8-15-11(16)9-7-14-6-5-10(9)13-3/h5-7H,8H2,1-4H3,(H,13,14)(H,15,16). The summed E-state index contributed by atoms with van der Waals surface area (Å²) in [4.78, 5) is 15.9. The zero-order valence-electron chi connectivity index (χ0n) is 10.7. The van der Waals surface area contributed by atoms with E-state index in [1.807, 2.05) is 13.8 Å². The van der Waals surface area contributed by atoms with Crippen LogP contribution in [0.3, 0.4) is 0 Å². The third kappa shape index (κ3) is 3.71. The Morgan fingerprint density at radius 1 is 1.53 bits per heavy atom. The molecule has 0 bridgehead atoms. The molecule has 1 heterocycles. The van der Waals surface area contributed by atoms with Crippen LogP contribution in [0.2, 0.25) is 0 Å². The molecule has 0 aromatic carbocycles. The normalized spacial score (nSPS) is 11.1. The smallest absolute Gasteiger partial charge is 0.255 e. The van der Waals surface area contributed by atoms with Crippen molar-refractivity contribution in [1.82, 2.24) is 10.3 Å². The van der Waals surface area contributed by atoms with E-state index in [0.717, 1.165) is 5.69 Å². The van der Waals surface area contributed by atoms with Crippen molar-refractivity contribution in [2.75, 3.05) is 26.0 Å². The minimum atomic E-state index is -0.377. The number of pyridine rings is 1. The number of nitrogens with zero attached hydrogens (tertiary/aromatic N) is 1. The van der Waals surface area contributed by atoms with Gasteiger partial charge in [-0.3, -0.25) is 9.78 Å². The third-order valence-electron chi connectivity index (χ3n) is 2.56. The van der Waals surface area contributed by atoms with Gasteiger partial charge in [0, 0.05) is 38.8 Å². The molecule has 1 aromatic heterocycles. The molecule has 5 nitrogen and oxygen atoms in total. The van der Waals surface area contributed by atoms with Gasteiger partial charge in [-0.25, -0.2) is 0 Å². The van der Waals surface area contributed by atoms with Gasteiger partial charge in [0.15, 0.2) is 0 Å². The Kier molecular flexibility index (Phi) is 4.45. The predicted octanol–water partition coefficient (Wildman–Crippen LogP) is 1.28. The first-order valence-electron chi connectivity index (χ1n) is 5.45. The lowest BCUT2D eigenvalue weighted by molar-refractivity contribution is 0.0229. The maximum absolute atomic E-state index is 11.9. The summed E-state index contributed by atoms with van der Waals surface area (Å²) in [7, 11) is 3.39. The zero-order valence-corrected chi connectivity index (χ0v) is 10.7. The van der Waals surface area contributed by atoms with Crippen LogP contribution in [0, 0.1) is 0 Å². The van der Waals surface area contributed by atoms with Crippen LogP contribution in [0.25, 0.3) is 0 Å². The highest BCUT2D eigenvalue weighted by molar-refractivity contribution is 5.99. The van der Waals surface area contributed by atoms with Crippen molar-refractivity contribution in [3.63, 3.8) is 0 Å². The van der Waals surface area contributed by atoms with Crippen LogP contribution < -0.4 is 10.6 Å².